The van der Waals surface area contributed by atoms with Gasteiger partial charge in [-0.25, -0.2) is 9.78 Å². The van der Waals surface area contributed by atoms with Crippen LogP contribution in [0, 0.1) is 0 Å². The zero-order valence-electron chi connectivity index (χ0n) is 20.1. The van der Waals surface area contributed by atoms with Crippen molar-refractivity contribution in [2.45, 2.75) is 19.1 Å². The monoisotopic (exact) mass is 521 g/mol. The first-order valence-corrected chi connectivity index (χ1v) is 11.9. The van der Waals surface area contributed by atoms with Crippen molar-refractivity contribution in [2.75, 3.05) is 18.5 Å². The number of aromatic nitrogens is 3. The number of rotatable bonds is 7. The Balaban J connectivity index is 1.47. The van der Waals surface area contributed by atoms with Crippen molar-refractivity contribution >= 4 is 46.3 Å². The molecular weight excluding hydrogens is 498 g/mol. The molecular formula is C26H24ClN5O5. The van der Waals surface area contributed by atoms with Crippen molar-refractivity contribution in [3.8, 4) is 22.6 Å². The van der Waals surface area contributed by atoms with Gasteiger partial charge in [-0.2, -0.15) is 5.10 Å². The Morgan fingerprint density at radius 3 is 2.73 bits per heavy atom. The van der Waals surface area contributed by atoms with Gasteiger partial charge in [-0.15, -0.1) is 0 Å². The topological polar surface area (TPSA) is 131 Å². The molecule has 0 bridgehead atoms. The van der Waals surface area contributed by atoms with Crippen molar-refractivity contribution in [1.82, 2.24) is 14.8 Å². The SMILES string of the molecule is CC(O)C(N=Cc1ccc2c(n1)c(Nc1cccc(-c3ccc4c(c3)OCCO4)c1Cl)nn2C)C(=O)O. The predicted octanol–water partition coefficient (Wildman–Crippen LogP) is 4.06. The van der Waals surface area contributed by atoms with Crippen molar-refractivity contribution in [2.24, 2.45) is 12.0 Å². The molecule has 2 aromatic carbocycles. The number of carboxylic acids is 1. The number of aliphatic hydroxyl groups is 1. The summed E-state index contributed by atoms with van der Waals surface area (Å²) in [6, 6.07) is 13.6. The van der Waals surface area contributed by atoms with Crippen molar-refractivity contribution in [1.29, 1.82) is 0 Å². The summed E-state index contributed by atoms with van der Waals surface area (Å²) in [7, 11) is 1.80. The first-order chi connectivity index (χ1) is 17.8. The largest absolute Gasteiger partial charge is 0.486 e. The Labute approximate surface area is 217 Å². The Morgan fingerprint density at radius 2 is 1.97 bits per heavy atom. The molecule has 190 valence electrons. The number of nitrogens with zero attached hydrogens (tertiary/aromatic N) is 4. The number of carbonyl (C=O) groups is 1. The van der Waals surface area contributed by atoms with Crippen LogP contribution in [0.3, 0.4) is 0 Å². The molecule has 0 fully saturated rings. The van der Waals surface area contributed by atoms with E-state index >= 15 is 0 Å². The maximum Gasteiger partial charge on any atom is 0.331 e. The number of nitrogens with one attached hydrogen (secondary N) is 1. The third-order valence-electron chi connectivity index (χ3n) is 5.90. The summed E-state index contributed by atoms with van der Waals surface area (Å²) < 4.78 is 13.0. The van der Waals surface area contributed by atoms with Gasteiger partial charge in [-0.1, -0.05) is 29.8 Å². The molecule has 1 aliphatic heterocycles. The minimum atomic E-state index is -1.29. The van der Waals surface area contributed by atoms with Gasteiger partial charge in [-0.3, -0.25) is 9.67 Å². The number of aliphatic imine (C=N–C) groups is 1. The van der Waals surface area contributed by atoms with E-state index in [0.717, 1.165) is 16.6 Å². The summed E-state index contributed by atoms with van der Waals surface area (Å²) in [6.07, 6.45) is 0.189. The molecule has 2 atom stereocenters. The summed E-state index contributed by atoms with van der Waals surface area (Å²) in [5.74, 6) is 0.629. The number of anilines is 2. The number of fused-ring (bicyclic) bond motifs is 2. The molecule has 2 aromatic heterocycles. The van der Waals surface area contributed by atoms with Crippen molar-refractivity contribution < 1.29 is 24.5 Å². The van der Waals surface area contributed by atoms with Crippen molar-refractivity contribution in [3.63, 3.8) is 0 Å². The summed E-state index contributed by atoms with van der Waals surface area (Å²) in [4.78, 5) is 19.9. The number of hydrogen-bond acceptors (Lipinski definition) is 8. The van der Waals surface area contributed by atoms with Crippen LogP contribution in [0.1, 0.15) is 12.6 Å². The number of aliphatic hydroxyl groups excluding tert-OH is 1. The third-order valence-corrected chi connectivity index (χ3v) is 6.31. The lowest BCUT2D eigenvalue weighted by Crippen LogP contribution is -2.30. The van der Waals surface area contributed by atoms with Gasteiger partial charge >= 0.3 is 5.97 Å². The van der Waals surface area contributed by atoms with Crippen LogP contribution in [0.25, 0.3) is 22.2 Å². The number of ether oxygens (including phenoxy) is 2. The molecule has 3 heterocycles. The lowest BCUT2D eigenvalue weighted by Gasteiger charge is -2.19. The standard InChI is InChI=1S/C26H24ClN5O5/c1-14(33)23(26(34)35)28-13-16-7-8-19-24(29-16)25(31-32(19)2)30-18-5-3-4-17(22(18)27)15-6-9-20-21(12-15)37-11-10-36-20/h3-9,12-14,23,33H,10-11H2,1-2H3,(H,30,31)(H,34,35). The van der Waals surface area contributed by atoms with Gasteiger partial charge in [0.25, 0.3) is 0 Å². The molecule has 0 saturated heterocycles. The van der Waals surface area contributed by atoms with Gasteiger partial charge < -0.3 is 25.0 Å². The Hall–Kier alpha value is -4.15. The summed E-state index contributed by atoms with van der Waals surface area (Å²) in [5, 5.41) is 27.2. The third kappa shape index (κ3) is 4.93. The first kappa shape index (κ1) is 24.5. The number of pyridine rings is 1. The van der Waals surface area contributed by atoms with E-state index in [1.54, 1.807) is 17.8 Å². The van der Waals surface area contributed by atoms with E-state index in [4.69, 9.17) is 21.1 Å². The maximum atomic E-state index is 11.3. The molecule has 10 nitrogen and oxygen atoms in total. The van der Waals surface area contributed by atoms with Crippen LogP contribution in [0.2, 0.25) is 5.02 Å². The lowest BCUT2D eigenvalue weighted by molar-refractivity contribution is -0.140. The van der Waals surface area contributed by atoms with E-state index in [2.05, 4.69) is 20.4 Å². The molecule has 5 rings (SSSR count). The fourth-order valence-corrected chi connectivity index (χ4v) is 4.33. The molecule has 4 aromatic rings. The highest BCUT2D eigenvalue weighted by Gasteiger charge is 2.21. The van der Waals surface area contributed by atoms with Crippen LogP contribution < -0.4 is 14.8 Å². The number of aryl methyl sites for hydroxylation is 1. The van der Waals surface area contributed by atoms with Gasteiger partial charge in [-0.05, 0) is 42.8 Å². The Morgan fingerprint density at radius 1 is 1.19 bits per heavy atom. The molecule has 2 unspecified atom stereocenters. The molecule has 0 amide bonds. The van der Waals surface area contributed by atoms with Gasteiger partial charge in [0.1, 0.15) is 18.7 Å². The van der Waals surface area contributed by atoms with Crippen LogP contribution in [0.4, 0.5) is 11.5 Å². The second-order valence-electron chi connectivity index (χ2n) is 8.53. The van der Waals surface area contributed by atoms with Gasteiger partial charge in [0.15, 0.2) is 23.4 Å². The molecule has 11 heteroatoms. The average molecular weight is 522 g/mol. The second kappa shape index (κ2) is 10.1. The minimum Gasteiger partial charge on any atom is -0.486 e. The van der Waals surface area contributed by atoms with E-state index in [9.17, 15) is 15.0 Å². The first-order valence-electron chi connectivity index (χ1n) is 11.5. The van der Waals surface area contributed by atoms with E-state index in [1.165, 1.54) is 13.1 Å². The van der Waals surface area contributed by atoms with Gasteiger partial charge in [0.2, 0.25) is 0 Å². The molecule has 0 aliphatic carbocycles. The average Bonchev–Trinajstić information content (AvgIpc) is 3.19. The maximum absolute atomic E-state index is 11.3. The number of aliphatic carboxylic acids is 1. The molecule has 3 N–H and O–H groups in total. The number of benzene rings is 2. The van der Waals surface area contributed by atoms with Crippen LogP contribution in [0.5, 0.6) is 11.5 Å². The van der Waals surface area contributed by atoms with E-state index in [0.29, 0.717) is 52.5 Å². The zero-order valence-corrected chi connectivity index (χ0v) is 20.8. The normalized spacial score (nSPS) is 14.6. The molecule has 1 aliphatic rings. The van der Waals surface area contributed by atoms with Gasteiger partial charge in [0.05, 0.1) is 28.0 Å². The fourth-order valence-electron chi connectivity index (χ4n) is 4.05. The molecule has 0 saturated carbocycles. The van der Waals surface area contributed by atoms with Crippen LogP contribution in [-0.2, 0) is 11.8 Å². The highest BCUT2D eigenvalue weighted by Crippen LogP contribution is 2.40. The minimum absolute atomic E-state index is 0.423. The predicted molar refractivity (Wildman–Crippen MR) is 140 cm³/mol. The summed E-state index contributed by atoms with van der Waals surface area (Å²) in [6.45, 7) is 2.39. The van der Waals surface area contributed by atoms with E-state index < -0.39 is 18.1 Å². The lowest BCUT2D eigenvalue weighted by atomic mass is 10.0. The van der Waals surface area contributed by atoms with Gasteiger partial charge in [0, 0.05) is 18.8 Å². The number of halogens is 1. The summed E-state index contributed by atoms with van der Waals surface area (Å²) >= 11 is 6.82. The quantitative estimate of drug-likeness (QED) is 0.310. The smallest absolute Gasteiger partial charge is 0.331 e. The van der Waals surface area contributed by atoms with Crippen LogP contribution >= 0.6 is 11.6 Å². The number of carboxylic acid groups (broad SMARTS) is 1. The molecule has 37 heavy (non-hydrogen) atoms. The zero-order chi connectivity index (χ0) is 26.1. The van der Waals surface area contributed by atoms with Crippen LogP contribution in [0.15, 0.2) is 53.5 Å². The van der Waals surface area contributed by atoms with E-state index in [1.807, 2.05) is 42.5 Å². The molecule has 0 spiro atoms. The number of hydrogen-bond donors (Lipinski definition) is 3. The highest BCUT2D eigenvalue weighted by atomic mass is 35.5. The Bertz CT molecular complexity index is 1520. The Kier molecular flexibility index (Phi) is 6.68. The van der Waals surface area contributed by atoms with E-state index in [-0.39, 0.29) is 0 Å². The van der Waals surface area contributed by atoms with Crippen LogP contribution in [-0.4, -0.2) is 62.5 Å². The highest BCUT2D eigenvalue weighted by molar-refractivity contribution is 6.36. The molecule has 0 radical (unpaired) electrons. The fraction of sp³-hybridized carbons (Fsp3) is 0.231. The summed E-state index contributed by atoms with van der Waals surface area (Å²) in [5.41, 5.74) is 4.05. The van der Waals surface area contributed by atoms with Crippen molar-refractivity contribution in [3.05, 3.63) is 59.2 Å². The second-order valence-corrected chi connectivity index (χ2v) is 8.91.